The van der Waals surface area contributed by atoms with Gasteiger partial charge in [0, 0.05) is 12.1 Å². The summed E-state index contributed by atoms with van der Waals surface area (Å²) in [5.74, 6) is 0.450. The fourth-order valence-corrected chi connectivity index (χ4v) is 3.63. The maximum absolute atomic E-state index is 10.5. The van der Waals surface area contributed by atoms with E-state index in [9.17, 15) is 5.11 Å². The van der Waals surface area contributed by atoms with E-state index in [2.05, 4.69) is 11.9 Å². The Hall–Kier alpha value is -0.860. The summed E-state index contributed by atoms with van der Waals surface area (Å²) >= 11 is 0. The van der Waals surface area contributed by atoms with E-state index in [0.29, 0.717) is 18.0 Å². The number of benzene rings is 1. The van der Waals surface area contributed by atoms with Crippen LogP contribution in [0.1, 0.15) is 37.4 Å². The topological polar surface area (TPSA) is 23.5 Å². The van der Waals surface area contributed by atoms with Gasteiger partial charge in [-0.05, 0) is 44.2 Å². The van der Waals surface area contributed by atoms with Gasteiger partial charge < -0.3 is 10.0 Å². The molecule has 1 aromatic rings. The van der Waals surface area contributed by atoms with Crippen LogP contribution < -0.4 is 0 Å². The molecule has 0 aromatic heterocycles. The molecule has 2 fully saturated rings. The number of nitrogens with zero attached hydrogens (tertiary/aromatic N) is 1. The summed E-state index contributed by atoms with van der Waals surface area (Å²) in [6, 6.07) is 11.5. The van der Waals surface area contributed by atoms with Crippen molar-refractivity contribution in [3.8, 4) is 0 Å². The van der Waals surface area contributed by atoms with Crippen LogP contribution in [0.25, 0.3) is 0 Å². The van der Waals surface area contributed by atoms with Gasteiger partial charge in [0.15, 0.2) is 0 Å². The van der Waals surface area contributed by atoms with Gasteiger partial charge in [0.2, 0.25) is 0 Å². The molecule has 0 amide bonds. The second-order valence-corrected chi connectivity index (χ2v) is 5.64. The standard InChI is InChI=1S/C15H21NO/c1-16-13-7-8-14(16)10-12(9-13)15(17)11-5-3-2-4-6-11/h2-6,12-15,17H,7-10H2,1H3. The smallest absolute Gasteiger partial charge is 0.0819 e. The Bertz CT molecular complexity index is 364. The predicted octanol–water partition coefficient (Wildman–Crippen LogP) is 2.59. The molecule has 3 atom stereocenters. The summed E-state index contributed by atoms with van der Waals surface area (Å²) in [5.41, 5.74) is 1.08. The maximum atomic E-state index is 10.5. The minimum absolute atomic E-state index is 0.270. The van der Waals surface area contributed by atoms with Crippen LogP contribution in [0.3, 0.4) is 0 Å². The van der Waals surface area contributed by atoms with E-state index in [4.69, 9.17) is 0 Å². The van der Waals surface area contributed by atoms with Gasteiger partial charge in [0.05, 0.1) is 6.10 Å². The molecule has 1 aromatic carbocycles. The highest BCUT2D eigenvalue weighted by atomic mass is 16.3. The minimum atomic E-state index is -0.270. The first-order valence-corrected chi connectivity index (χ1v) is 6.70. The van der Waals surface area contributed by atoms with Crippen molar-refractivity contribution in [2.75, 3.05) is 7.05 Å². The molecule has 0 radical (unpaired) electrons. The molecule has 2 aliphatic heterocycles. The lowest BCUT2D eigenvalue weighted by molar-refractivity contribution is 0.0356. The second kappa shape index (κ2) is 4.43. The monoisotopic (exact) mass is 231 g/mol. The lowest BCUT2D eigenvalue weighted by Gasteiger charge is -2.38. The zero-order valence-electron chi connectivity index (χ0n) is 10.4. The van der Waals surface area contributed by atoms with Crippen LogP contribution in [-0.4, -0.2) is 29.1 Å². The van der Waals surface area contributed by atoms with Gasteiger partial charge in [-0.1, -0.05) is 30.3 Å². The summed E-state index contributed by atoms with van der Waals surface area (Å²) in [6.45, 7) is 0. The van der Waals surface area contributed by atoms with E-state index in [1.54, 1.807) is 0 Å². The van der Waals surface area contributed by atoms with Crippen LogP contribution in [0, 0.1) is 5.92 Å². The molecule has 2 aliphatic rings. The van der Waals surface area contributed by atoms with E-state index in [0.717, 1.165) is 18.4 Å². The second-order valence-electron chi connectivity index (χ2n) is 5.64. The van der Waals surface area contributed by atoms with Gasteiger partial charge in [0.25, 0.3) is 0 Å². The third-order valence-electron chi connectivity index (χ3n) is 4.72. The average molecular weight is 231 g/mol. The van der Waals surface area contributed by atoms with Crippen molar-refractivity contribution < 1.29 is 5.11 Å². The number of fused-ring (bicyclic) bond motifs is 2. The first-order chi connectivity index (χ1) is 8.25. The molecule has 92 valence electrons. The Balaban J connectivity index is 1.74. The van der Waals surface area contributed by atoms with E-state index < -0.39 is 0 Å². The highest BCUT2D eigenvalue weighted by molar-refractivity contribution is 5.18. The van der Waals surface area contributed by atoms with Crippen molar-refractivity contribution in [2.24, 2.45) is 5.92 Å². The third kappa shape index (κ3) is 2.00. The quantitative estimate of drug-likeness (QED) is 0.845. The summed E-state index contributed by atoms with van der Waals surface area (Å²) in [6.07, 6.45) is 4.68. The highest BCUT2D eigenvalue weighted by Crippen LogP contribution is 2.42. The normalized spacial score (nSPS) is 34.8. The first kappa shape index (κ1) is 11.2. The van der Waals surface area contributed by atoms with E-state index in [1.165, 1.54) is 12.8 Å². The number of rotatable bonds is 2. The van der Waals surface area contributed by atoms with Crippen LogP contribution in [0.2, 0.25) is 0 Å². The van der Waals surface area contributed by atoms with Crippen molar-refractivity contribution in [3.05, 3.63) is 35.9 Å². The maximum Gasteiger partial charge on any atom is 0.0819 e. The molecule has 0 aliphatic carbocycles. The fourth-order valence-electron chi connectivity index (χ4n) is 3.63. The number of aliphatic hydroxyl groups is 1. The van der Waals surface area contributed by atoms with Crippen LogP contribution in [0.5, 0.6) is 0 Å². The van der Waals surface area contributed by atoms with Crippen LogP contribution >= 0.6 is 0 Å². The van der Waals surface area contributed by atoms with Gasteiger partial charge in [-0.25, -0.2) is 0 Å². The predicted molar refractivity (Wildman–Crippen MR) is 68.7 cm³/mol. The van der Waals surface area contributed by atoms with Gasteiger partial charge in [0.1, 0.15) is 0 Å². The summed E-state index contributed by atoms with van der Waals surface area (Å²) in [7, 11) is 2.24. The van der Waals surface area contributed by atoms with Crippen molar-refractivity contribution >= 4 is 0 Å². The van der Waals surface area contributed by atoms with Crippen molar-refractivity contribution in [2.45, 2.75) is 43.9 Å². The Morgan fingerprint density at radius 2 is 1.71 bits per heavy atom. The number of hydrogen-bond acceptors (Lipinski definition) is 2. The largest absolute Gasteiger partial charge is 0.388 e. The lowest BCUT2D eigenvalue weighted by Crippen LogP contribution is -2.41. The van der Waals surface area contributed by atoms with Gasteiger partial charge >= 0.3 is 0 Å². The molecule has 2 heteroatoms. The number of piperidine rings is 1. The highest BCUT2D eigenvalue weighted by Gasteiger charge is 2.40. The van der Waals surface area contributed by atoms with Crippen LogP contribution in [0.15, 0.2) is 30.3 Å². The van der Waals surface area contributed by atoms with Crippen molar-refractivity contribution in [3.63, 3.8) is 0 Å². The molecule has 3 unspecified atom stereocenters. The third-order valence-corrected chi connectivity index (χ3v) is 4.72. The zero-order valence-corrected chi connectivity index (χ0v) is 10.4. The lowest BCUT2D eigenvalue weighted by atomic mass is 9.84. The molecule has 3 rings (SSSR count). The molecule has 0 saturated carbocycles. The van der Waals surface area contributed by atoms with Gasteiger partial charge in [-0.3, -0.25) is 0 Å². The molecule has 0 spiro atoms. The van der Waals surface area contributed by atoms with Crippen molar-refractivity contribution in [1.29, 1.82) is 0 Å². The van der Waals surface area contributed by atoms with Gasteiger partial charge in [-0.2, -0.15) is 0 Å². The molecule has 2 saturated heterocycles. The van der Waals surface area contributed by atoms with E-state index in [1.807, 2.05) is 30.3 Å². The number of aliphatic hydroxyl groups excluding tert-OH is 1. The summed E-state index contributed by atoms with van der Waals surface area (Å²) in [4.78, 5) is 2.52. The number of hydrogen-bond donors (Lipinski definition) is 1. The first-order valence-electron chi connectivity index (χ1n) is 6.70. The molecule has 17 heavy (non-hydrogen) atoms. The Morgan fingerprint density at radius 1 is 1.12 bits per heavy atom. The summed E-state index contributed by atoms with van der Waals surface area (Å²) in [5, 5.41) is 10.5. The molecular formula is C15H21NO. The molecule has 2 nitrogen and oxygen atoms in total. The fraction of sp³-hybridized carbons (Fsp3) is 0.600. The molecule has 1 N–H and O–H groups in total. The molecular weight excluding hydrogens is 210 g/mol. The van der Waals surface area contributed by atoms with E-state index in [-0.39, 0.29) is 6.10 Å². The Morgan fingerprint density at radius 3 is 2.29 bits per heavy atom. The minimum Gasteiger partial charge on any atom is -0.388 e. The van der Waals surface area contributed by atoms with Crippen LogP contribution in [0.4, 0.5) is 0 Å². The summed E-state index contributed by atoms with van der Waals surface area (Å²) < 4.78 is 0. The Kier molecular flexibility index (Phi) is 2.93. The Labute approximate surface area is 103 Å². The van der Waals surface area contributed by atoms with Crippen molar-refractivity contribution in [1.82, 2.24) is 4.90 Å². The van der Waals surface area contributed by atoms with Gasteiger partial charge in [-0.15, -0.1) is 0 Å². The van der Waals surface area contributed by atoms with Crippen LogP contribution in [-0.2, 0) is 0 Å². The van der Waals surface area contributed by atoms with E-state index >= 15 is 0 Å². The zero-order chi connectivity index (χ0) is 11.8. The molecule has 2 heterocycles. The average Bonchev–Trinajstić information content (AvgIpc) is 2.61. The SMILES string of the molecule is CN1C2CCC1CC(C(O)c1ccccc1)C2. The molecule has 2 bridgehead atoms.